The lowest BCUT2D eigenvalue weighted by molar-refractivity contribution is -0.129. The Morgan fingerprint density at radius 2 is 1.63 bits per heavy atom. The Morgan fingerprint density at radius 3 is 2.00 bits per heavy atom. The maximum Gasteiger partial charge on any atom is 0.261 e. The van der Waals surface area contributed by atoms with E-state index in [1.54, 1.807) is 0 Å². The molecule has 0 aliphatic rings. The topological polar surface area (TPSA) is 82.3 Å². The first kappa shape index (κ1) is 17.6. The second-order valence-corrected chi connectivity index (χ2v) is 6.15. The second-order valence-electron chi connectivity index (χ2n) is 5.74. The van der Waals surface area contributed by atoms with Crippen LogP contribution in [0.3, 0.4) is 0 Å². The molecule has 0 spiro atoms. The molecule has 110 valence electrons. The summed E-state index contributed by atoms with van der Waals surface area (Å²) >= 11 is 5.04. The Kier molecular flexibility index (Phi) is 6.75. The highest BCUT2D eigenvalue weighted by molar-refractivity contribution is 7.80. The SMILES string of the molecule is CC(=O)N[C@H](C(=O)NNC(=S)NC(C)(C)C)C(C)C. The largest absolute Gasteiger partial charge is 0.357 e. The number of rotatable bonds is 3. The Labute approximate surface area is 120 Å². The minimum atomic E-state index is -0.595. The third-order valence-corrected chi connectivity index (χ3v) is 2.30. The minimum Gasteiger partial charge on any atom is -0.357 e. The average Bonchev–Trinajstić information content (AvgIpc) is 2.19. The molecule has 0 saturated carbocycles. The summed E-state index contributed by atoms with van der Waals surface area (Å²) in [4.78, 5) is 23.0. The van der Waals surface area contributed by atoms with Crippen molar-refractivity contribution < 1.29 is 9.59 Å². The van der Waals surface area contributed by atoms with E-state index in [9.17, 15) is 9.59 Å². The predicted octanol–water partition coefficient (Wildman–Crippen LogP) is 0.441. The van der Waals surface area contributed by atoms with Crippen LogP contribution in [0.4, 0.5) is 0 Å². The first-order valence-electron chi connectivity index (χ1n) is 6.18. The van der Waals surface area contributed by atoms with E-state index in [1.807, 2.05) is 34.6 Å². The van der Waals surface area contributed by atoms with Gasteiger partial charge in [0.15, 0.2) is 5.11 Å². The van der Waals surface area contributed by atoms with Crippen molar-refractivity contribution in [3.8, 4) is 0 Å². The monoisotopic (exact) mass is 288 g/mol. The first-order chi connectivity index (χ1) is 8.53. The minimum absolute atomic E-state index is 0.0187. The van der Waals surface area contributed by atoms with Gasteiger partial charge in [0.25, 0.3) is 5.91 Å². The van der Waals surface area contributed by atoms with Crippen LogP contribution in [-0.4, -0.2) is 28.5 Å². The molecule has 0 saturated heterocycles. The summed E-state index contributed by atoms with van der Waals surface area (Å²) in [5.74, 6) is -0.595. The molecule has 0 aromatic rings. The molecule has 6 nitrogen and oxygen atoms in total. The van der Waals surface area contributed by atoms with Crippen molar-refractivity contribution >= 4 is 29.1 Å². The van der Waals surface area contributed by atoms with E-state index >= 15 is 0 Å². The Balaban J connectivity index is 4.34. The number of amides is 2. The van der Waals surface area contributed by atoms with Gasteiger partial charge in [0.2, 0.25) is 5.91 Å². The Hall–Kier alpha value is -1.37. The van der Waals surface area contributed by atoms with Crippen LogP contribution in [-0.2, 0) is 9.59 Å². The maximum atomic E-state index is 11.9. The standard InChI is InChI=1S/C12H24N4O2S/c1-7(2)9(13-8(3)17)10(18)15-16-11(19)14-12(4,5)6/h7,9H,1-6H3,(H,13,17)(H,15,18)(H2,14,16,19)/t9-/m0/s1. The maximum absolute atomic E-state index is 11.9. The van der Waals surface area contributed by atoms with Gasteiger partial charge in [0.05, 0.1) is 0 Å². The van der Waals surface area contributed by atoms with Crippen molar-refractivity contribution in [3.63, 3.8) is 0 Å². The molecule has 2 amide bonds. The fraction of sp³-hybridized carbons (Fsp3) is 0.750. The van der Waals surface area contributed by atoms with Crippen LogP contribution in [0.1, 0.15) is 41.5 Å². The predicted molar refractivity (Wildman–Crippen MR) is 79.2 cm³/mol. The molecule has 0 aromatic carbocycles. The van der Waals surface area contributed by atoms with Crippen LogP contribution in [0.25, 0.3) is 0 Å². The number of carbonyl (C=O) groups excluding carboxylic acids is 2. The van der Waals surface area contributed by atoms with Gasteiger partial charge >= 0.3 is 0 Å². The molecule has 0 heterocycles. The lowest BCUT2D eigenvalue weighted by atomic mass is 10.0. The lowest BCUT2D eigenvalue weighted by Gasteiger charge is -2.25. The molecule has 0 fully saturated rings. The number of hydrazine groups is 1. The van der Waals surface area contributed by atoms with Gasteiger partial charge in [0.1, 0.15) is 6.04 Å². The summed E-state index contributed by atoms with van der Waals surface area (Å²) in [5, 5.41) is 5.92. The van der Waals surface area contributed by atoms with E-state index < -0.39 is 6.04 Å². The van der Waals surface area contributed by atoms with Crippen LogP contribution in [0, 0.1) is 5.92 Å². The lowest BCUT2D eigenvalue weighted by Crippen LogP contribution is -2.57. The third kappa shape index (κ3) is 8.36. The van der Waals surface area contributed by atoms with Gasteiger partial charge in [-0.25, -0.2) is 0 Å². The number of hydrogen-bond acceptors (Lipinski definition) is 3. The van der Waals surface area contributed by atoms with Crippen molar-refractivity contribution in [1.29, 1.82) is 0 Å². The summed E-state index contributed by atoms with van der Waals surface area (Å²) in [5.41, 5.74) is 4.91. The molecule has 7 heteroatoms. The molecule has 1 atom stereocenters. The molecular formula is C12H24N4O2S. The van der Waals surface area contributed by atoms with Crippen molar-refractivity contribution in [2.45, 2.75) is 53.1 Å². The molecule has 4 N–H and O–H groups in total. The van der Waals surface area contributed by atoms with E-state index in [-0.39, 0.29) is 23.3 Å². The summed E-state index contributed by atoms with van der Waals surface area (Å²) in [6.07, 6.45) is 0. The highest BCUT2D eigenvalue weighted by atomic mass is 32.1. The fourth-order valence-electron chi connectivity index (χ4n) is 1.32. The summed E-state index contributed by atoms with van der Waals surface area (Å²) in [6, 6.07) is -0.595. The quantitative estimate of drug-likeness (QED) is 0.447. The zero-order chi connectivity index (χ0) is 15.2. The van der Waals surface area contributed by atoms with E-state index in [0.29, 0.717) is 5.11 Å². The van der Waals surface area contributed by atoms with Gasteiger partial charge in [-0.15, -0.1) is 0 Å². The summed E-state index contributed by atoms with van der Waals surface area (Å²) < 4.78 is 0. The Morgan fingerprint density at radius 1 is 1.11 bits per heavy atom. The van der Waals surface area contributed by atoms with Crippen LogP contribution >= 0.6 is 12.2 Å². The van der Waals surface area contributed by atoms with Gasteiger partial charge in [-0.2, -0.15) is 0 Å². The smallest absolute Gasteiger partial charge is 0.261 e. The molecule has 0 aromatic heterocycles. The Bertz CT molecular complexity index is 350. The first-order valence-corrected chi connectivity index (χ1v) is 6.59. The molecule has 19 heavy (non-hydrogen) atoms. The highest BCUT2D eigenvalue weighted by Gasteiger charge is 2.23. The molecular weight excluding hydrogens is 264 g/mol. The van der Waals surface area contributed by atoms with Gasteiger partial charge in [0, 0.05) is 12.5 Å². The van der Waals surface area contributed by atoms with E-state index in [4.69, 9.17) is 12.2 Å². The number of carbonyl (C=O) groups is 2. The van der Waals surface area contributed by atoms with Crippen molar-refractivity contribution in [2.75, 3.05) is 0 Å². The van der Waals surface area contributed by atoms with Gasteiger partial charge < -0.3 is 10.6 Å². The fourth-order valence-corrected chi connectivity index (χ4v) is 1.68. The third-order valence-electron chi connectivity index (χ3n) is 2.10. The van der Waals surface area contributed by atoms with Crippen molar-refractivity contribution in [3.05, 3.63) is 0 Å². The molecule has 0 radical (unpaired) electrons. The average molecular weight is 288 g/mol. The van der Waals surface area contributed by atoms with Crippen LogP contribution in [0.2, 0.25) is 0 Å². The molecule has 0 unspecified atom stereocenters. The van der Waals surface area contributed by atoms with Crippen LogP contribution in [0.5, 0.6) is 0 Å². The highest BCUT2D eigenvalue weighted by Crippen LogP contribution is 2.01. The van der Waals surface area contributed by atoms with Gasteiger partial charge in [-0.3, -0.25) is 20.4 Å². The van der Waals surface area contributed by atoms with Gasteiger partial charge in [-0.05, 0) is 38.9 Å². The molecule has 0 aliphatic heterocycles. The van der Waals surface area contributed by atoms with Crippen LogP contribution < -0.4 is 21.5 Å². The second kappa shape index (κ2) is 7.28. The zero-order valence-electron chi connectivity index (χ0n) is 12.4. The molecule has 0 rings (SSSR count). The van der Waals surface area contributed by atoms with E-state index in [0.717, 1.165) is 0 Å². The number of thiocarbonyl (C=S) groups is 1. The van der Waals surface area contributed by atoms with Crippen LogP contribution in [0.15, 0.2) is 0 Å². The van der Waals surface area contributed by atoms with Gasteiger partial charge in [-0.1, -0.05) is 13.8 Å². The normalized spacial score (nSPS) is 12.6. The van der Waals surface area contributed by atoms with E-state index in [2.05, 4.69) is 21.5 Å². The molecule has 0 aliphatic carbocycles. The van der Waals surface area contributed by atoms with E-state index in [1.165, 1.54) is 6.92 Å². The number of nitrogens with one attached hydrogen (secondary N) is 4. The molecule has 0 bridgehead atoms. The number of hydrogen-bond donors (Lipinski definition) is 4. The zero-order valence-corrected chi connectivity index (χ0v) is 13.2. The summed E-state index contributed by atoms with van der Waals surface area (Å²) in [7, 11) is 0. The summed E-state index contributed by atoms with van der Waals surface area (Å²) in [6.45, 7) is 10.9. The van der Waals surface area contributed by atoms with Crippen molar-refractivity contribution in [1.82, 2.24) is 21.5 Å². The van der Waals surface area contributed by atoms with Crippen molar-refractivity contribution in [2.24, 2.45) is 5.92 Å².